The van der Waals surface area contributed by atoms with Crippen LogP contribution in [0.15, 0.2) is 18.3 Å². The van der Waals surface area contributed by atoms with E-state index >= 15 is 0 Å². The number of rotatable bonds is 2. The van der Waals surface area contributed by atoms with E-state index in [2.05, 4.69) is 9.88 Å². The van der Waals surface area contributed by atoms with Gasteiger partial charge in [-0.2, -0.15) is 0 Å². The van der Waals surface area contributed by atoms with Gasteiger partial charge in [0, 0.05) is 18.8 Å². The molecule has 3 rings (SSSR count). The molecule has 2 saturated heterocycles. The molecular weight excluding hydrogens is 228 g/mol. The van der Waals surface area contributed by atoms with Gasteiger partial charge >= 0.3 is 0 Å². The number of fused-ring (bicyclic) bond motifs is 1. The molecule has 98 valence electrons. The third-order valence-electron chi connectivity index (χ3n) is 4.35. The number of hydrogen-bond acceptors (Lipinski definition) is 4. The van der Waals surface area contributed by atoms with Crippen molar-refractivity contribution in [2.45, 2.75) is 37.3 Å². The minimum atomic E-state index is -0.840. The summed E-state index contributed by atoms with van der Waals surface area (Å²) >= 11 is 0. The third kappa shape index (κ3) is 1.71. The van der Waals surface area contributed by atoms with Gasteiger partial charge in [0.05, 0.1) is 7.11 Å². The summed E-state index contributed by atoms with van der Waals surface area (Å²) in [5.41, 5.74) is -0.130. The van der Waals surface area contributed by atoms with Gasteiger partial charge in [-0.3, -0.25) is 9.88 Å². The molecule has 2 fully saturated rings. The molecule has 0 aliphatic carbocycles. The number of pyridine rings is 1. The maximum absolute atomic E-state index is 11.1. The van der Waals surface area contributed by atoms with Gasteiger partial charge in [0.2, 0.25) is 0 Å². The van der Waals surface area contributed by atoms with Crippen molar-refractivity contribution in [1.29, 1.82) is 0 Å². The zero-order chi connectivity index (χ0) is 12.6. The second kappa shape index (κ2) is 4.52. The molecule has 4 nitrogen and oxygen atoms in total. The van der Waals surface area contributed by atoms with E-state index in [0.29, 0.717) is 11.4 Å². The molecule has 2 aliphatic heterocycles. The zero-order valence-electron chi connectivity index (χ0n) is 10.8. The van der Waals surface area contributed by atoms with Crippen LogP contribution in [0, 0.1) is 0 Å². The van der Waals surface area contributed by atoms with Gasteiger partial charge in [-0.25, -0.2) is 0 Å². The van der Waals surface area contributed by atoms with Crippen molar-refractivity contribution in [3.63, 3.8) is 0 Å². The van der Waals surface area contributed by atoms with Crippen molar-refractivity contribution in [3.8, 4) is 5.75 Å². The molecule has 0 aromatic carbocycles. The summed E-state index contributed by atoms with van der Waals surface area (Å²) in [6.07, 6.45) is 5.98. The highest BCUT2D eigenvalue weighted by Gasteiger charge is 2.50. The normalized spacial score (nSPS) is 32.2. The highest BCUT2D eigenvalue weighted by Crippen LogP contribution is 2.43. The Labute approximate surface area is 108 Å². The van der Waals surface area contributed by atoms with Crippen LogP contribution in [0.3, 0.4) is 0 Å². The summed E-state index contributed by atoms with van der Waals surface area (Å²) in [5, 5.41) is 11.1. The molecule has 2 unspecified atom stereocenters. The summed E-state index contributed by atoms with van der Waals surface area (Å²) in [6.45, 7) is 2.06. The Morgan fingerprint density at radius 3 is 3.17 bits per heavy atom. The Bertz CT molecular complexity index is 438. The molecule has 0 spiro atoms. The summed E-state index contributed by atoms with van der Waals surface area (Å²) in [4.78, 5) is 6.79. The fourth-order valence-electron chi connectivity index (χ4n) is 3.44. The van der Waals surface area contributed by atoms with Crippen molar-refractivity contribution in [1.82, 2.24) is 9.88 Å². The van der Waals surface area contributed by atoms with Gasteiger partial charge in [0.25, 0.3) is 0 Å². The quantitative estimate of drug-likeness (QED) is 0.862. The average molecular weight is 248 g/mol. The van der Waals surface area contributed by atoms with E-state index in [-0.39, 0.29) is 6.04 Å². The van der Waals surface area contributed by atoms with Gasteiger partial charge in [-0.05, 0) is 37.9 Å². The van der Waals surface area contributed by atoms with E-state index in [1.54, 1.807) is 13.3 Å². The zero-order valence-corrected chi connectivity index (χ0v) is 10.8. The van der Waals surface area contributed by atoms with Crippen LogP contribution in [0.1, 0.15) is 31.4 Å². The summed E-state index contributed by atoms with van der Waals surface area (Å²) in [5.74, 6) is 0.701. The maximum Gasteiger partial charge on any atom is 0.143 e. The van der Waals surface area contributed by atoms with Crippen molar-refractivity contribution < 1.29 is 9.84 Å². The summed E-state index contributed by atoms with van der Waals surface area (Å²) in [6, 6.07) is 3.93. The molecular formula is C14H20N2O2. The van der Waals surface area contributed by atoms with E-state index in [9.17, 15) is 5.11 Å². The predicted molar refractivity (Wildman–Crippen MR) is 68.5 cm³/mol. The molecule has 2 atom stereocenters. The number of piperidine rings is 1. The van der Waals surface area contributed by atoms with Crippen LogP contribution < -0.4 is 4.74 Å². The number of ether oxygens (including phenoxy) is 1. The summed E-state index contributed by atoms with van der Waals surface area (Å²) in [7, 11) is 1.64. The van der Waals surface area contributed by atoms with Crippen molar-refractivity contribution in [3.05, 3.63) is 24.0 Å². The SMILES string of the molecule is COc1cccnc1C1(O)CCN2CCCCC21. The lowest BCUT2D eigenvalue weighted by Crippen LogP contribution is -2.45. The Morgan fingerprint density at radius 1 is 1.44 bits per heavy atom. The molecule has 0 radical (unpaired) electrons. The van der Waals surface area contributed by atoms with Gasteiger partial charge < -0.3 is 9.84 Å². The maximum atomic E-state index is 11.1. The molecule has 1 N–H and O–H groups in total. The average Bonchev–Trinajstić information content (AvgIpc) is 2.78. The molecule has 4 heteroatoms. The molecule has 1 aromatic heterocycles. The van der Waals surface area contributed by atoms with Crippen LogP contribution in [0.2, 0.25) is 0 Å². The van der Waals surface area contributed by atoms with Gasteiger partial charge in [-0.1, -0.05) is 6.42 Å². The lowest BCUT2D eigenvalue weighted by atomic mass is 9.85. The van der Waals surface area contributed by atoms with Crippen LogP contribution in [0.5, 0.6) is 5.75 Å². The van der Waals surface area contributed by atoms with E-state index < -0.39 is 5.60 Å². The van der Waals surface area contributed by atoms with Crippen LogP contribution in [-0.2, 0) is 5.60 Å². The predicted octanol–water partition coefficient (Wildman–Crippen LogP) is 1.54. The molecule has 0 amide bonds. The van der Waals surface area contributed by atoms with E-state index in [0.717, 1.165) is 25.9 Å². The van der Waals surface area contributed by atoms with Gasteiger partial charge in [0.1, 0.15) is 17.0 Å². The lowest BCUT2D eigenvalue weighted by Gasteiger charge is -2.37. The first kappa shape index (κ1) is 11.9. The molecule has 0 saturated carbocycles. The van der Waals surface area contributed by atoms with Crippen LogP contribution in [0.25, 0.3) is 0 Å². The lowest BCUT2D eigenvalue weighted by molar-refractivity contribution is -0.0190. The van der Waals surface area contributed by atoms with E-state index in [1.807, 2.05) is 12.1 Å². The Kier molecular flexibility index (Phi) is 2.99. The first-order valence-electron chi connectivity index (χ1n) is 6.71. The van der Waals surface area contributed by atoms with Gasteiger partial charge in [-0.15, -0.1) is 0 Å². The standard InChI is InChI=1S/C14H20N2O2/c1-18-11-5-4-8-15-13(11)14(17)7-10-16-9-3-2-6-12(14)16/h4-5,8,12,17H,2-3,6-7,9-10H2,1H3. The minimum Gasteiger partial charge on any atom is -0.495 e. The molecule has 1 aromatic rings. The van der Waals surface area contributed by atoms with Crippen LogP contribution in [-0.4, -0.2) is 41.2 Å². The topological polar surface area (TPSA) is 45.6 Å². The van der Waals surface area contributed by atoms with Crippen molar-refractivity contribution in [2.24, 2.45) is 0 Å². The van der Waals surface area contributed by atoms with Crippen molar-refractivity contribution >= 4 is 0 Å². The second-order valence-electron chi connectivity index (χ2n) is 5.28. The van der Waals surface area contributed by atoms with E-state index in [1.165, 1.54) is 12.8 Å². The van der Waals surface area contributed by atoms with E-state index in [4.69, 9.17) is 4.74 Å². The Balaban J connectivity index is 1.99. The first-order valence-corrected chi connectivity index (χ1v) is 6.71. The van der Waals surface area contributed by atoms with Crippen LogP contribution >= 0.6 is 0 Å². The molecule has 18 heavy (non-hydrogen) atoms. The fraction of sp³-hybridized carbons (Fsp3) is 0.643. The number of hydrogen-bond donors (Lipinski definition) is 1. The molecule has 0 bridgehead atoms. The highest BCUT2D eigenvalue weighted by molar-refractivity contribution is 5.34. The number of aromatic nitrogens is 1. The fourth-order valence-corrected chi connectivity index (χ4v) is 3.44. The first-order chi connectivity index (χ1) is 8.75. The number of nitrogens with zero attached hydrogens (tertiary/aromatic N) is 2. The number of methoxy groups -OCH3 is 1. The Hall–Kier alpha value is -1.13. The minimum absolute atomic E-state index is 0.204. The number of aliphatic hydroxyl groups is 1. The van der Waals surface area contributed by atoms with Crippen LogP contribution in [0.4, 0.5) is 0 Å². The van der Waals surface area contributed by atoms with Crippen molar-refractivity contribution in [2.75, 3.05) is 20.2 Å². The van der Waals surface area contributed by atoms with Gasteiger partial charge in [0.15, 0.2) is 0 Å². The smallest absolute Gasteiger partial charge is 0.143 e. The molecule has 3 heterocycles. The third-order valence-corrected chi connectivity index (χ3v) is 4.35. The second-order valence-corrected chi connectivity index (χ2v) is 5.28. The largest absolute Gasteiger partial charge is 0.495 e. The highest BCUT2D eigenvalue weighted by atomic mass is 16.5. The summed E-state index contributed by atoms with van der Waals surface area (Å²) < 4.78 is 5.36. The molecule has 2 aliphatic rings. The monoisotopic (exact) mass is 248 g/mol. The Morgan fingerprint density at radius 2 is 2.33 bits per heavy atom.